The predicted molar refractivity (Wildman–Crippen MR) is 66.2 cm³/mol. The number of methoxy groups -OCH3 is 1. The molecule has 1 aromatic carbocycles. The maximum absolute atomic E-state index is 14.1. The average Bonchev–Trinajstić information content (AvgIpc) is 2.63. The quantitative estimate of drug-likeness (QED) is 0.324. The Balaban J connectivity index is 2.35. The third-order valence-electron chi connectivity index (χ3n) is 4.24. The molecule has 1 aromatic rings. The second-order valence-corrected chi connectivity index (χ2v) is 6.19. The number of fused-ring (bicyclic) bond motifs is 4. The third kappa shape index (κ3) is 1.66. The zero-order chi connectivity index (χ0) is 14.8. The number of hydrogen-bond donors (Lipinski definition) is 0. The highest BCUT2D eigenvalue weighted by Crippen LogP contribution is 2.57. The van der Waals surface area contributed by atoms with Crippen LogP contribution in [0.5, 0.6) is 0 Å². The Hall–Kier alpha value is -0.520. The second kappa shape index (κ2) is 4.75. The van der Waals surface area contributed by atoms with Gasteiger partial charge in [0.05, 0.1) is 6.10 Å². The first kappa shape index (κ1) is 14.4. The fourth-order valence-electron chi connectivity index (χ4n) is 3.41. The fraction of sp³-hybridized carbons (Fsp3) is 0.538. The van der Waals surface area contributed by atoms with Crippen LogP contribution in [0.1, 0.15) is 29.6 Å². The van der Waals surface area contributed by atoms with Gasteiger partial charge in [-0.05, 0) is 6.42 Å². The molecule has 2 aliphatic rings. The molecule has 1 nitrogen and oxygen atoms in total. The van der Waals surface area contributed by atoms with Crippen LogP contribution in [0.2, 0.25) is 0 Å². The van der Waals surface area contributed by atoms with E-state index in [2.05, 4.69) is 0 Å². The second-order valence-electron chi connectivity index (χ2n) is 5.13. The molecular weight excluding hydrogens is 319 g/mol. The van der Waals surface area contributed by atoms with Gasteiger partial charge in [0.15, 0.2) is 23.3 Å². The summed E-state index contributed by atoms with van der Waals surface area (Å²) in [5, 5.41) is -1.17. The van der Waals surface area contributed by atoms with Crippen molar-refractivity contribution < 1.29 is 22.3 Å². The highest BCUT2D eigenvalue weighted by Gasteiger charge is 2.54. The lowest BCUT2D eigenvalue weighted by Crippen LogP contribution is -2.32. The maximum atomic E-state index is 14.1. The Kier molecular flexibility index (Phi) is 3.42. The van der Waals surface area contributed by atoms with Crippen molar-refractivity contribution in [1.82, 2.24) is 0 Å². The minimum atomic E-state index is -1.84. The highest BCUT2D eigenvalue weighted by atomic mass is 35.5. The van der Waals surface area contributed by atoms with Crippen LogP contribution in [0.3, 0.4) is 0 Å². The normalized spacial score (nSPS) is 35.2. The Bertz CT molecular complexity index is 580. The van der Waals surface area contributed by atoms with Crippen LogP contribution in [0.15, 0.2) is 0 Å². The molecule has 110 valence electrons. The van der Waals surface area contributed by atoms with Crippen molar-refractivity contribution in [3.05, 3.63) is 34.4 Å². The van der Waals surface area contributed by atoms with Gasteiger partial charge < -0.3 is 4.74 Å². The summed E-state index contributed by atoms with van der Waals surface area (Å²) in [5.74, 6) is -7.64. The number of hydrogen-bond acceptors (Lipinski definition) is 1. The summed E-state index contributed by atoms with van der Waals surface area (Å²) >= 11 is 12.4. The molecule has 0 radical (unpaired) electrons. The van der Waals surface area contributed by atoms with Crippen LogP contribution in [-0.2, 0) is 4.74 Å². The van der Waals surface area contributed by atoms with E-state index in [-0.39, 0.29) is 17.0 Å². The molecular formula is C13H10Cl2F4O. The molecule has 0 N–H and O–H groups in total. The maximum Gasteiger partial charge on any atom is 0.197 e. The summed E-state index contributed by atoms with van der Waals surface area (Å²) < 4.78 is 60.2. The molecule has 2 bridgehead atoms. The highest BCUT2D eigenvalue weighted by molar-refractivity contribution is 6.26. The summed E-state index contributed by atoms with van der Waals surface area (Å²) in [6, 6.07) is 0. The number of benzene rings is 1. The van der Waals surface area contributed by atoms with E-state index in [0.29, 0.717) is 6.42 Å². The average molecular weight is 329 g/mol. The van der Waals surface area contributed by atoms with Crippen molar-refractivity contribution in [3.63, 3.8) is 0 Å². The molecule has 1 fully saturated rings. The molecule has 0 spiro atoms. The molecule has 0 heterocycles. The molecule has 2 aliphatic carbocycles. The van der Waals surface area contributed by atoms with Crippen LogP contribution in [0.25, 0.3) is 0 Å². The Morgan fingerprint density at radius 3 is 2.05 bits per heavy atom. The van der Waals surface area contributed by atoms with Gasteiger partial charge in [-0.15, -0.1) is 23.2 Å². The van der Waals surface area contributed by atoms with E-state index in [0.717, 1.165) is 0 Å². The smallest absolute Gasteiger partial charge is 0.197 e. The fourth-order valence-corrected chi connectivity index (χ4v) is 4.51. The van der Waals surface area contributed by atoms with Gasteiger partial charge in [-0.25, -0.2) is 17.6 Å². The monoisotopic (exact) mass is 328 g/mol. The minimum Gasteiger partial charge on any atom is -0.376 e. The van der Waals surface area contributed by atoms with Crippen molar-refractivity contribution in [3.8, 4) is 0 Å². The number of rotatable bonds is 1. The molecule has 0 aromatic heterocycles. The van der Waals surface area contributed by atoms with Gasteiger partial charge in [-0.1, -0.05) is 0 Å². The van der Waals surface area contributed by atoms with E-state index >= 15 is 0 Å². The lowest BCUT2D eigenvalue weighted by atomic mass is 9.79. The van der Waals surface area contributed by atoms with Crippen molar-refractivity contribution in [2.75, 3.05) is 7.11 Å². The third-order valence-corrected chi connectivity index (χ3v) is 5.29. The first-order valence-corrected chi connectivity index (χ1v) is 6.94. The minimum absolute atomic E-state index is 0.290. The van der Waals surface area contributed by atoms with E-state index in [1.54, 1.807) is 0 Å². The Labute approximate surface area is 122 Å². The van der Waals surface area contributed by atoms with Crippen LogP contribution < -0.4 is 0 Å². The van der Waals surface area contributed by atoms with Crippen molar-refractivity contribution >= 4 is 23.2 Å². The molecule has 7 heteroatoms. The first-order valence-electron chi connectivity index (χ1n) is 6.06. The summed E-state index contributed by atoms with van der Waals surface area (Å²) in [4.78, 5) is 0. The van der Waals surface area contributed by atoms with Crippen LogP contribution >= 0.6 is 23.2 Å². The number of ether oxygens (including phenoxy) is 1. The Morgan fingerprint density at radius 1 is 0.950 bits per heavy atom. The van der Waals surface area contributed by atoms with E-state index in [4.69, 9.17) is 27.9 Å². The van der Waals surface area contributed by atoms with Crippen molar-refractivity contribution in [1.29, 1.82) is 0 Å². The van der Waals surface area contributed by atoms with Crippen molar-refractivity contribution in [2.45, 2.75) is 29.2 Å². The van der Waals surface area contributed by atoms with Crippen LogP contribution in [0, 0.1) is 29.2 Å². The summed E-state index contributed by atoms with van der Waals surface area (Å²) in [6.07, 6.45) is -0.563. The standard InChI is InChI=1S/C13H10Cl2F4O/c1-20-13-3-2-4(14)5(8(3)15)6-7(13)10(17)12(19)11(18)9(6)16/h3-5,8,13H,2H2,1H3/t3-,4-,5-,8?,13?/m0/s1. The largest absolute Gasteiger partial charge is 0.376 e. The SMILES string of the molecule is COC1c2c(F)c(F)c(F)c(F)c2[C@H]2C(Cl)[C@@H]1C[C@@H]2Cl. The van der Waals surface area contributed by atoms with Gasteiger partial charge in [0.2, 0.25) is 0 Å². The molecule has 0 amide bonds. The topological polar surface area (TPSA) is 9.23 Å². The van der Waals surface area contributed by atoms with Crippen molar-refractivity contribution in [2.24, 2.45) is 5.92 Å². The summed E-state index contributed by atoms with van der Waals surface area (Å²) in [6.45, 7) is 0. The molecule has 5 atom stereocenters. The molecule has 1 saturated carbocycles. The lowest BCUT2D eigenvalue weighted by molar-refractivity contribution is 0.0448. The zero-order valence-electron chi connectivity index (χ0n) is 10.3. The lowest BCUT2D eigenvalue weighted by Gasteiger charge is -2.35. The van der Waals surface area contributed by atoms with Gasteiger partial charge in [0.25, 0.3) is 0 Å². The van der Waals surface area contributed by atoms with Gasteiger partial charge in [-0.2, -0.15) is 0 Å². The molecule has 3 rings (SSSR count). The van der Waals surface area contributed by atoms with E-state index in [1.165, 1.54) is 7.11 Å². The molecule has 20 heavy (non-hydrogen) atoms. The van der Waals surface area contributed by atoms with Crippen LogP contribution in [0.4, 0.5) is 17.6 Å². The van der Waals surface area contributed by atoms with E-state index in [9.17, 15) is 17.6 Å². The zero-order valence-corrected chi connectivity index (χ0v) is 11.8. The van der Waals surface area contributed by atoms with E-state index < -0.39 is 46.0 Å². The van der Waals surface area contributed by atoms with Gasteiger partial charge in [-0.3, -0.25) is 0 Å². The number of halogens is 6. The van der Waals surface area contributed by atoms with Gasteiger partial charge in [0, 0.05) is 40.8 Å². The molecule has 2 unspecified atom stereocenters. The predicted octanol–water partition coefficient (Wildman–Crippen LogP) is 4.26. The molecule has 0 aliphatic heterocycles. The van der Waals surface area contributed by atoms with E-state index in [1.807, 2.05) is 0 Å². The van der Waals surface area contributed by atoms with Gasteiger partial charge in [0.1, 0.15) is 0 Å². The van der Waals surface area contributed by atoms with Gasteiger partial charge >= 0.3 is 0 Å². The number of alkyl halides is 2. The van der Waals surface area contributed by atoms with Crippen LogP contribution in [-0.4, -0.2) is 17.9 Å². The Morgan fingerprint density at radius 2 is 1.50 bits per heavy atom. The summed E-state index contributed by atoms with van der Waals surface area (Å²) in [5.41, 5.74) is -0.582. The molecule has 0 saturated heterocycles. The summed E-state index contributed by atoms with van der Waals surface area (Å²) in [7, 11) is 1.29. The first-order chi connectivity index (χ1) is 9.40.